The summed E-state index contributed by atoms with van der Waals surface area (Å²) < 4.78 is 35.8. The van der Waals surface area contributed by atoms with Crippen LogP contribution in [-0.2, 0) is 11.3 Å². The van der Waals surface area contributed by atoms with Crippen molar-refractivity contribution in [3.8, 4) is 11.8 Å². The lowest BCUT2D eigenvalue weighted by Crippen LogP contribution is -2.31. The first kappa shape index (κ1) is 21.4. The Labute approximate surface area is 181 Å². The molecule has 0 spiro atoms. The van der Waals surface area contributed by atoms with Crippen molar-refractivity contribution < 1.29 is 13.5 Å². The van der Waals surface area contributed by atoms with E-state index in [1.165, 1.54) is 16.8 Å². The number of hydrogen-bond acceptors (Lipinski definition) is 5. The standard InChI is InChI=1S/C23H19F2N5O2/c24-17-10-18(25)12-19(11-17)30-22(28-29-8-6-16(13-26)21(29)23(30)31)20(27)7-9-32-14-15-4-2-1-3-5-15/h1-6,8,10-12,20H,7,9,14,27H2. The molecule has 0 saturated heterocycles. The summed E-state index contributed by atoms with van der Waals surface area (Å²) in [6, 6.07) is 14.9. The fourth-order valence-electron chi connectivity index (χ4n) is 3.44. The van der Waals surface area contributed by atoms with Crippen LogP contribution in [0.5, 0.6) is 0 Å². The van der Waals surface area contributed by atoms with Crippen molar-refractivity contribution in [2.75, 3.05) is 6.61 Å². The Morgan fingerprint density at radius 1 is 1.12 bits per heavy atom. The zero-order valence-corrected chi connectivity index (χ0v) is 16.9. The molecular formula is C23H19F2N5O2. The molecular weight excluding hydrogens is 416 g/mol. The van der Waals surface area contributed by atoms with Gasteiger partial charge in [-0.1, -0.05) is 30.3 Å². The van der Waals surface area contributed by atoms with Gasteiger partial charge in [0.25, 0.3) is 5.56 Å². The lowest BCUT2D eigenvalue weighted by molar-refractivity contribution is 0.113. The van der Waals surface area contributed by atoms with Gasteiger partial charge in [0.1, 0.15) is 23.2 Å². The lowest BCUT2D eigenvalue weighted by Gasteiger charge is -2.18. The van der Waals surface area contributed by atoms with E-state index in [0.29, 0.717) is 19.1 Å². The molecule has 2 aromatic heterocycles. The number of hydrogen-bond donors (Lipinski definition) is 1. The third-order valence-corrected chi connectivity index (χ3v) is 4.95. The van der Waals surface area contributed by atoms with Crippen molar-refractivity contribution in [1.29, 1.82) is 5.26 Å². The number of nitriles is 1. The first-order chi connectivity index (χ1) is 15.5. The smallest absolute Gasteiger partial charge is 0.283 e. The Bertz CT molecular complexity index is 1340. The summed E-state index contributed by atoms with van der Waals surface area (Å²) in [5.41, 5.74) is 6.70. The Kier molecular flexibility index (Phi) is 6.07. The van der Waals surface area contributed by atoms with E-state index in [-0.39, 0.29) is 29.2 Å². The van der Waals surface area contributed by atoms with Crippen LogP contribution in [0.25, 0.3) is 11.2 Å². The number of nitrogens with two attached hydrogens (primary N) is 1. The SMILES string of the molecule is N#Cc1ccn2nc(C(N)CCOCc3ccccc3)n(-c3cc(F)cc(F)c3)c(=O)c12. The molecule has 0 saturated carbocycles. The summed E-state index contributed by atoms with van der Waals surface area (Å²) in [6.07, 6.45) is 1.77. The van der Waals surface area contributed by atoms with E-state index in [2.05, 4.69) is 5.10 Å². The van der Waals surface area contributed by atoms with Gasteiger partial charge in [-0.3, -0.25) is 9.36 Å². The number of ether oxygens (including phenoxy) is 1. The van der Waals surface area contributed by atoms with E-state index in [4.69, 9.17) is 10.5 Å². The van der Waals surface area contributed by atoms with Gasteiger partial charge in [0.15, 0.2) is 5.82 Å². The second-order valence-electron chi connectivity index (χ2n) is 7.19. The molecule has 0 fully saturated rings. The molecule has 162 valence electrons. The average molecular weight is 435 g/mol. The summed E-state index contributed by atoms with van der Waals surface area (Å²) in [4.78, 5) is 13.3. The highest BCUT2D eigenvalue weighted by molar-refractivity contribution is 5.60. The van der Waals surface area contributed by atoms with Crippen LogP contribution in [0, 0.1) is 23.0 Å². The van der Waals surface area contributed by atoms with Crippen LogP contribution in [0.4, 0.5) is 8.78 Å². The van der Waals surface area contributed by atoms with Crippen LogP contribution in [0.15, 0.2) is 65.6 Å². The Hall–Kier alpha value is -3.87. The minimum Gasteiger partial charge on any atom is -0.377 e. The van der Waals surface area contributed by atoms with Crippen LogP contribution < -0.4 is 11.3 Å². The van der Waals surface area contributed by atoms with Gasteiger partial charge in [-0.2, -0.15) is 10.4 Å². The molecule has 0 aliphatic rings. The summed E-state index contributed by atoms with van der Waals surface area (Å²) in [5, 5.41) is 13.7. The van der Waals surface area contributed by atoms with Crippen molar-refractivity contribution in [1.82, 2.24) is 14.2 Å². The molecule has 1 atom stereocenters. The first-order valence-corrected chi connectivity index (χ1v) is 9.86. The number of nitrogens with zero attached hydrogens (tertiary/aromatic N) is 4. The van der Waals surface area contributed by atoms with Crippen LogP contribution in [0.3, 0.4) is 0 Å². The highest BCUT2D eigenvalue weighted by Gasteiger charge is 2.21. The van der Waals surface area contributed by atoms with Crippen LogP contribution in [0.1, 0.15) is 29.4 Å². The minimum absolute atomic E-state index is 0.00607. The molecule has 4 aromatic rings. The number of halogens is 2. The second kappa shape index (κ2) is 9.09. The van der Waals surface area contributed by atoms with Crippen molar-refractivity contribution in [2.24, 2.45) is 5.73 Å². The molecule has 0 aliphatic heterocycles. The van der Waals surface area contributed by atoms with E-state index in [1.807, 2.05) is 36.4 Å². The van der Waals surface area contributed by atoms with E-state index in [1.54, 1.807) is 0 Å². The summed E-state index contributed by atoms with van der Waals surface area (Å²) >= 11 is 0. The van der Waals surface area contributed by atoms with E-state index >= 15 is 0 Å². The highest BCUT2D eigenvalue weighted by atomic mass is 19.1. The maximum Gasteiger partial charge on any atom is 0.283 e. The zero-order valence-electron chi connectivity index (χ0n) is 16.9. The number of aromatic nitrogens is 3. The fraction of sp³-hybridized carbons (Fsp3) is 0.174. The molecule has 2 heterocycles. The molecule has 2 N–H and O–H groups in total. The van der Waals surface area contributed by atoms with Gasteiger partial charge in [0.05, 0.1) is 23.9 Å². The summed E-state index contributed by atoms with van der Waals surface area (Å²) in [6.45, 7) is 0.668. The average Bonchev–Trinajstić information content (AvgIpc) is 3.20. The number of fused-ring (bicyclic) bond motifs is 1. The Balaban J connectivity index is 1.69. The maximum atomic E-state index is 13.9. The van der Waals surface area contributed by atoms with E-state index < -0.39 is 23.2 Å². The second-order valence-corrected chi connectivity index (χ2v) is 7.19. The van der Waals surface area contributed by atoms with Gasteiger partial charge in [0, 0.05) is 18.9 Å². The minimum atomic E-state index is -0.853. The molecule has 0 aliphatic carbocycles. The first-order valence-electron chi connectivity index (χ1n) is 9.86. The Morgan fingerprint density at radius 3 is 2.53 bits per heavy atom. The molecule has 0 amide bonds. The summed E-state index contributed by atoms with van der Waals surface area (Å²) in [7, 11) is 0. The molecule has 1 unspecified atom stereocenters. The fourth-order valence-corrected chi connectivity index (χ4v) is 3.44. The van der Waals surface area contributed by atoms with Gasteiger partial charge in [-0.05, 0) is 30.2 Å². The number of rotatable bonds is 7. The van der Waals surface area contributed by atoms with Gasteiger partial charge >= 0.3 is 0 Å². The van der Waals surface area contributed by atoms with Crippen LogP contribution >= 0.6 is 0 Å². The quantitative estimate of drug-likeness (QED) is 0.450. The van der Waals surface area contributed by atoms with Crippen molar-refractivity contribution in [3.05, 3.63) is 99.7 Å². The van der Waals surface area contributed by atoms with Crippen LogP contribution in [-0.4, -0.2) is 20.8 Å². The van der Waals surface area contributed by atoms with E-state index in [0.717, 1.165) is 22.3 Å². The molecule has 0 radical (unpaired) electrons. The predicted molar refractivity (Wildman–Crippen MR) is 113 cm³/mol. The molecule has 0 bridgehead atoms. The van der Waals surface area contributed by atoms with Crippen molar-refractivity contribution in [3.63, 3.8) is 0 Å². The van der Waals surface area contributed by atoms with Crippen molar-refractivity contribution >= 4 is 5.52 Å². The Morgan fingerprint density at radius 2 is 1.84 bits per heavy atom. The third kappa shape index (κ3) is 4.27. The topological polar surface area (TPSA) is 98.3 Å². The molecule has 7 nitrogen and oxygen atoms in total. The largest absolute Gasteiger partial charge is 0.377 e. The van der Waals surface area contributed by atoms with Gasteiger partial charge in [-0.15, -0.1) is 0 Å². The normalized spacial score (nSPS) is 12.1. The van der Waals surface area contributed by atoms with Crippen molar-refractivity contribution in [2.45, 2.75) is 19.1 Å². The van der Waals surface area contributed by atoms with Crippen LogP contribution in [0.2, 0.25) is 0 Å². The lowest BCUT2D eigenvalue weighted by atomic mass is 10.2. The summed E-state index contributed by atoms with van der Waals surface area (Å²) in [5.74, 6) is -1.61. The molecule has 4 rings (SSSR count). The molecule has 2 aromatic carbocycles. The van der Waals surface area contributed by atoms with Gasteiger partial charge in [0.2, 0.25) is 0 Å². The third-order valence-electron chi connectivity index (χ3n) is 4.95. The zero-order chi connectivity index (χ0) is 22.7. The molecule has 32 heavy (non-hydrogen) atoms. The monoisotopic (exact) mass is 435 g/mol. The predicted octanol–water partition coefficient (Wildman–Crippen LogP) is 3.24. The highest BCUT2D eigenvalue weighted by Crippen LogP contribution is 2.19. The van der Waals surface area contributed by atoms with Gasteiger partial charge < -0.3 is 10.5 Å². The van der Waals surface area contributed by atoms with E-state index in [9.17, 15) is 18.8 Å². The number of benzene rings is 2. The molecule has 9 heteroatoms. The van der Waals surface area contributed by atoms with Gasteiger partial charge in [-0.25, -0.2) is 13.3 Å². The maximum absolute atomic E-state index is 13.9.